The summed E-state index contributed by atoms with van der Waals surface area (Å²) < 4.78 is 10.7. The van der Waals surface area contributed by atoms with E-state index in [1.165, 1.54) is 5.56 Å². The van der Waals surface area contributed by atoms with Gasteiger partial charge in [0.15, 0.2) is 0 Å². The third kappa shape index (κ3) is 5.24. The minimum absolute atomic E-state index is 0.276. The third-order valence-electron chi connectivity index (χ3n) is 2.13. The van der Waals surface area contributed by atoms with Gasteiger partial charge >= 0.3 is 109 Å². The summed E-state index contributed by atoms with van der Waals surface area (Å²) >= 11 is 0.276. The van der Waals surface area contributed by atoms with Gasteiger partial charge < -0.3 is 0 Å². The number of hydrogen-bond donors (Lipinski definition) is 0. The van der Waals surface area contributed by atoms with Crippen molar-refractivity contribution in [3.05, 3.63) is 29.8 Å². The molecule has 0 aliphatic heterocycles. The second-order valence-electron chi connectivity index (χ2n) is 3.47. The van der Waals surface area contributed by atoms with E-state index < -0.39 is 0 Å². The van der Waals surface area contributed by atoms with Crippen LogP contribution in [0.2, 0.25) is 0 Å². The monoisotopic (exact) mass is 301 g/mol. The predicted octanol–water partition coefficient (Wildman–Crippen LogP) is 2.31. The van der Waals surface area contributed by atoms with Gasteiger partial charge in [0.2, 0.25) is 0 Å². The number of aliphatic imine (C=N–C) groups is 1. The quantitative estimate of drug-likeness (QED) is 0.458. The van der Waals surface area contributed by atoms with E-state index in [0.717, 1.165) is 28.9 Å². The van der Waals surface area contributed by atoms with Gasteiger partial charge in [-0.25, -0.2) is 0 Å². The second kappa shape index (κ2) is 8.15. The van der Waals surface area contributed by atoms with E-state index in [1.807, 2.05) is 12.1 Å². The first-order valence-electron chi connectivity index (χ1n) is 5.65. The van der Waals surface area contributed by atoms with E-state index in [9.17, 15) is 0 Å². The van der Waals surface area contributed by atoms with Crippen LogP contribution in [0.5, 0.6) is 5.75 Å². The van der Waals surface area contributed by atoms with Crippen LogP contribution in [0.1, 0.15) is 18.9 Å². The van der Waals surface area contributed by atoms with Gasteiger partial charge in [-0.05, 0) is 0 Å². The molecule has 0 amide bonds. The molecular formula is C13H19NO2Se. The number of nitrogens with zero attached hydrogens (tertiary/aromatic N) is 1. The maximum absolute atomic E-state index is 5.56. The summed E-state index contributed by atoms with van der Waals surface area (Å²) in [6, 6.07) is 8.16. The SMILES string of the molecule is CCCOC(=NC)[Se]Cc1ccc(OC)cc1. The number of hydrogen-bond acceptors (Lipinski definition) is 3. The average Bonchev–Trinajstić information content (AvgIpc) is 2.39. The van der Waals surface area contributed by atoms with E-state index in [2.05, 4.69) is 24.0 Å². The molecule has 0 heterocycles. The van der Waals surface area contributed by atoms with Gasteiger partial charge in [-0.3, -0.25) is 0 Å². The molecule has 0 fully saturated rings. The van der Waals surface area contributed by atoms with Crippen molar-refractivity contribution in [3.63, 3.8) is 0 Å². The maximum atomic E-state index is 5.56. The normalized spacial score (nSPS) is 11.4. The number of ether oxygens (including phenoxy) is 2. The van der Waals surface area contributed by atoms with Crippen molar-refractivity contribution in [2.45, 2.75) is 18.7 Å². The van der Waals surface area contributed by atoms with Crippen molar-refractivity contribution in [1.82, 2.24) is 0 Å². The Bertz CT molecular complexity index is 349. The molecule has 0 saturated heterocycles. The molecule has 0 radical (unpaired) electrons. The summed E-state index contributed by atoms with van der Waals surface area (Å²) in [6.45, 7) is 2.86. The van der Waals surface area contributed by atoms with Crippen molar-refractivity contribution in [2.24, 2.45) is 4.99 Å². The number of methoxy groups -OCH3 is 1. The van der Waals surface area contributed by atoms with Crippen LogP contribution in [0, 0.1) is 0 Å². The van der Waals surface area contributed by atoms with Crippen LogP contribution in [0.4, 0.5) is 0 Å². The molecule has 0 aliphatic rings. The van der Waals surface area contributed by atoms with E-state index in [4.69, 9.17) is 9.47 Å². The Morgan fingerprint density at radius 2 is 2.00 bits per heavy atom. The molecular weight excluding hydrogens is 281 g/mol. The first kappa shape index (κ1) is 14.1. The van der Waals surface area contributed by atoms with E-state index in [0.29, 0.717) is 0 Å². The standard InChI is InChI=1S/C13H19NO2Se/c1-4-9-16-13(14-2)17-10-11-5-7-12(15-3)8-6-11/h5-8H,4,9-10H2,1-3H3. The summed E-state index contributed by atoms with van der Waals surface area (Å²) in [4.78, 5) is 5.07. The Balaban J connectivity index is 2.42. The Morgan fingerprint density at radius 3 is 2.53 bits per heavy atom. The molecule has 0 N–H and O–H groups in total. The van der Waals surface area contributed by atoms with Crippen LogP contribution < -0.4 is 4.74 Å². The zero-order valence-corrected chi connectivity index (χ0v) is 12.3. The fraction of sp³-hybridized carbons (Fsp3) is 0.462. The molecule has 0 aliphatic carbocycles. The Kier molecular flexibility index (Phi) is 6.75. The molecule has 0 spiro atoms. The summed E-state index contributed by atoms with van der Waals surface area (Å²) in [5, 5.41) is 1.01. The number of benzene rings is 1. The molecule has 0 aromatic heterocycles. The van der Waals surface area contributed by atoms with Gasteiger partial charge in [-0.2, -0.15) is 0 Å². The summed E-state index contributed by atoms with van der Waals surface area (Å²) in [6.07, 6.45) is 1.03. The van der Waals surface area contributed by atoms with E-state index in [-0.39, 0.29) is 15.0 Å². The average molecular weight is 300 g/mol. The van der Waals surface area contributed by atoms with E-state index in [1.54, 1.807) is 14.2 Å². The van der Waals surface area contributed by atoms with Crippen LogP contribution in [0.3, 0.4) is 0 Å². The molecule has 1 rings (SSSR count). The molecule has 1 aromatic rings. The molecule has 94 valence electrons. The van der Waals surface area contributed by atoms with Crippen molar-refractivity contribution < 1.29 is 9.47 Å². The van der Waals surface area contributed by atoms with Crippen LogP contribution in [-0.2, 0) is 10.1 Å². The van der Waals surface area contributed by atoms with Crippen molar-refractivity contribution in [2.75, 3.05) is 20.8 Å². The fourth-order valence-corrected chi connectivity index (χ4v) is 2.86. The minimum atomic E-state index is 0.276. The van der Waals surface area contributed by atoms with Crippen molar-refractivity contribution in [1.29, 1.82) is 0 Å². The first-order valence-corrected chi connectivity index (χ1v) is 7.72. The molecule has 0 unspecified atom stereocenters. The predicted molar refractivity (Wildman–Crippen MR) is 72.1 cm³/mol. The van der Waals surface area contributed by atoms with Gasteiger partial charge in [0, 0.05) is 0 Å². The first-order chi connectivity index (χ1) is 8.30. The third-order valence-corrected chi connectivity index (χ3v) is 4.28. The van der Waals surface area contributed by atoms with Gasteiger partial charge in [0.25, 0.3) is 0 Å². The molecule has 0 saturated carbocycles. The van der Waals surface area contributed by atoms with Crippen LogP contribution >= 0.6 is 0 Å². The Hall–Kier alpha value is -0.991. The summed E-state index contributed by atoms with van der Waals surface area (Å²) in [5.74, 6) is 0.896. The molecule has 0 bridgehead atoms. The number of rotatable bonds is 6. The van der Waals surface area contributed by atoms with Gasteiger partial charge in [-0.15, -0.1) is 0 Å². The molecule has 4 heteroatoms. The molecule has 3 nitrogen and oxygen atoms in total. The summed E-state index contributed by atoms with van der Waals surface area (Å²) in [7, 11) is 3.47. The van der Waals surface area contributed by atoms with E-state index >= 15 is 0 Å². The van der Waals surface area contributed by atoms with Crippen molar-refractivity contribution >= 4 is 19.8 Å². The topological polar surface area (TPSA) is 30.8 Å². The van der Waals surface area contributed by atoms with Gasteiger partial charge in [0.1, 0.15) is 0 Å². The molecule has 17 heavy (non-hydrogen) atoms. The van der Waals surface area contributed by atoms with Crippen LogP contribution in [0.25, 0.3) is 0 Å². The van der Waals surface area contributed by atoms with Gasteiger partial charge in [-0.1, -0.05) is 0 Å². The zero-order valence-electron chi connectivity index (χ0n) is 10.6. The Morgan fingerprint density at radius 1 is 1.29 bits per heavy atom. The Labute approximate surface area is 109 Å². The van der Waals surface area contributed by atoms with Gasteiger partial charge in [0.05, 0.1) is 0 Å². The zero-order chi connectivity index (χ0) is 12.5. The summed E-state index contributed by atoms with van der Waals surface area (Å²) in [5.41, 5.74) is 1.30. The van der Waals surface area contributed by atoms with Crippen LogP contribution in [-0.4, -0.2) is 40.5 Å². The molecule has 1 aromatic carbocycles. The van der Waals surface area contributed by atoms with Crippen LogP contribution in [0.15, 0.2) is 29.3 Å². The van der Waals surface area contributed by atoms with Crippen molar-refractivity contribution in [3.8, 4) is 5.75 Å². The second-order valence-corrected chi connectivity index (χ2v) is 5.42. The fourth-order valence-electron chi connectivity index (χ4n) is 1.23. The molecule has 0 atom stereocenters.